The first-order valence-corrected chi connectivity index (χ1v) is 13.0. The Morgan fingerprint density at radius 2 is 0.949 bits per heavy atom. The van der Waals surface area contributed by atoms with Crippen molar-refractivity contribution in [3.8, 4) is 34.2 Å². The van der Waals surface area contributed by atoms with Gasteiger partial charge in [-0.25, -0.2) is 15.0 Å². The highest BCUT2D eigenvalue weighted by Gasteiger charge is 2.17. The monoisotopic (exact) mass is 499 g/mol. The Labute approximate surface area is 224 Å². The van der Waals surface area contributed by atoms with Crippen molar-refractivity contribution in [2.75, 3.05) is 0 Å². The molecule has 0 N–H and O–H groups in total. The van der Waals surface area contributed by atoms with Crippen LogP contribution in [0.3, 0.4) is 0 Å². The molecule has 0 aliphatic rings. The molecule has 0 bridgehead atoms. The predicted molar refractivity (Wildman–Crippen MR) is 158 cm³/mol. The number of benzene rings is 6. The lowest BCUT2D eigenvalue weighted by atomic mass is 10.1. The Bertz CT molecular complexity index is 2100. The van der Waals surface area contributed by atoms with E-state index >= 15 is 0 Å². The zero-order chi connectivity index (χ0) is 25.8. The van der Waals surface area contributed by atoms with E-state index in [9.17, 15) is 0 Å². The number of nitrogens with zero attached hydrogens (tertiary/aromatic N) is 3. The molecular weight excluding hydrogens is 478 g/mol. The van der Waals surface area contributed by atoms with Gasteiger partial charge >= 0.3 is 0 Å². The van der Waals surface area contributed by atoms with Crippen LogP contribution in [0.2, 0.25) is 0 Å². The summed E-state index contributed by atoms with van der Waals surface area (Å²) in [6.45, 7) is 0. The van der Waals surface area contributed by atoms with Crippen molar-refractivity contribution in [2.45, 2.75) is 0 Å². The van der Waals surface area contributed by atoms with Crippen molar-refractivity contribution >= 4 is 43.5 Å². The molecule has 2 heterocycles. The summed E-state index contributed by atoms with van der Waals surface area (Å²) < 4.78 is 6.34. The van der Waals surface area contributed by atoms with Crippen molar-refractivity contribution in [1.29, 1.82) is 0 Å². The molecule has 4 nitrogen and oxygen atoms in total. The first-order valence-electron chi connectivity index (χ1n) is 13.0. The van der Waals surface area contributed by atoms with Gasteiger partial charge < -0.3 is 4.42 Å². The van der Waals surface area contributed by atoms with Crippen LogP contribution in [-0.2, 0) is 0 Å². The zero-order valence-electron chi connectivity index (χ0n) is 20.9. The highest BCUT2D eigenvalue weighted by atomic mass is 16.3. The predicted octanol–water partition coefficient (Wildman–Crippen LogP) is 9.08. The highest BCUT2D eigenvalue weighted by Crippen LogP contribution is 2.36. The lowest BCUT2D eigenvalue weighted by Crippen LogP contribution is -2.00. The highest BCUT2D eigenvalue weighted by molar-refractivity contribution is 6.09. The zero-order valence-corrected chi connectivity index (χ0v) is 20.9. The molecule has 8 rings (SSSR count). The number of fused-ring (bicyclic) bond motifs is 5. The lowest BCUT2D eigenvalue weighted by molar-refractivity contribution is 0.669. The molecular formula is C35H21N3O. The average Bonchev–Trinajstić information content (AvgIpc) is 3.39. The van der Waals surface area contributed by atoms with E-state index in [2.05, 4.69) is 84.9 Å². The van der Waals surface area contributed by atoms with Crippen molar-refractivity contribution < 1.29 is 4.42 Å². The molecule has 0 radical (unpaired) electrons. The number of hydrogen-bond donors (Lipinski definition) is 0. The number of furan rings is 1. The van der Waals surface area contributed by atoms with Crippen LogP contribution in [-0.4, -0.2) is 15.0 Å². The van der Waals surface area contributed by atoms with Gasteiger partial charge in [-0.3, -0.25) is 0 Å². The fourth-order valence-corrected chi connectivity index (χ4v) is 5.33. The average molecular weight is 500 g/mol. The largest absolute Gasteiger partial charge is 0.455 e. The molecule has 8 aromatic rings. The van der Waals surface area contributed by atoms with Gasteiger partial charge in [-0.05, 0) is 45.8 Å². The van der Waals surface area contributed by atoms with E-state index < -0.39 is 0 Å². The number of rotatable bonds is 3. The van der Waals surface area contributed by atoms with Crippen molar-refractivity contribution in [2.24, 2.45) is 0 Å². The van der Waals surface area contributed by atoms with Crippen LogP contribution in [0, 0.1) is 0 Å². The maximum atomic E-state index is 6.34. The van der Waals surface area contributed by atoms with E-state index in [-0.39, 0.29) is 0 Å². The normalized spacial score (nSPS) is 11.6. The minimum Gasteiger partial charge on any atom is -0.455 e. The van der Waals surface area contributed by atoms with E-state index in [1.807, 2.05) is 42.5 Å². The number of aromatic nitrogens is 3. The molecule has 0 unspecified atom stereocenters. The molecule has 0 fully saturated rings. The summed E-state index contributed by atoms with van der Waals surface area (Å²) in [4.78, 5) is 15.0. The summed E-state index contributed by atoms with van der Waals surface area (Å²) in [6, 6.07) is 43.5. The van der Waals surface area contributed by atoms with Crippen LogP contribution in [0.25, 0.3) is 77.6 Å². The molecule has 2 aromatic heterocycles. The van der Waals surface area contributed by atoms with Gasteiger partial charge in [-0.15, -0.1) is 0 Å². The summed E-state index contributed by atoms with van der Waals surface area (Å²) in [7, 11) is 0. The smallest absolute Gasteiger partial charge is 0.167 e. The molecule has 0 saturated heterocycles. The molecule has 0 saturated carbocycles. The van der Waals surface area contributed by atoms with Crippen LogP contribution >= 0.6 is 0 Å². The second-order valence-electron chi connectivity index (χ2n) is 9.71. The van der Waals surface area contributed by atoms with E-state index in [1.165, 1.54) is 10.8 Å². The molecule has 39 heavy (non-hydrogen) atoms. The Morgan fingerprint density at radius 3 is 1.62 bits per heavy atom. The fraction of sp³-hybridized carbons (Fsp3) is 0. The van der Waals surface area contributed by atoms with Gasteiger partial charge in [0.05, 0.1) is 5.56 Å². The van der Waals surface area contributed by atoms with Crippen molar-refractivity contribution in [1.82, 2.24) is 15.0 Å². The number of para-hydroxylation sites is 2. The van der Waals surface area contributed by atoms with Crippen LogP contribution in [0.5, 0.6) is 0 Å². The van der Waals surface area contributed by atoms with Crippen LogP contribution in [0.15, 0.2) is 132 Å². The van der Waals surface area contributed by atoms with E-state index in [0.717, 1.165) is 49.4 Å². The minimum atomic E-state index is 0.584. The molecule has 182 valence electrons. The summed E-state index contributed by atoms with van der Waals surface area (Å²) >= 11 is 0. The molecule has 0 aliphatic heterocycles. The van der Waals surface area contributed by atoms with Crippen LogP contribution < -0.4 is 0 Å². The summed E-state index contributed by atoms with van der Waals surface area (Å²) in [5.41, 5.74) is 4.35. The Hall–Kier alpha value is -5.35. The molecule has 0 aliphatic carbocycles. The quantitative estimate of drug-likeness (QED) is 0.243. The first kappa shape index (κ1) is 21.7. The lowest BCUT2D eigenvalue weighted by Gasteiger charge is -2.10. The van der Waals surface area contributed by atoms with E-state index in [1.54, 1.807) is 0 Å². The van der Waals surface area contributed by atoms with Gasteiger partial charge in [0.15, 0.2) is 17.5 Å². The van der Waals surface area contributed by atoms with Gasteiger partial charge in [0.25, 0.3) is 0 Å². The Kier molecular flexibility index (Phi) is 4.79. The fourth-order valence-electron chi connectivity index (χ4n) is 5.33. The molecule has 0 amide bonds. The molecule has 0 spiro atoms. The summed E-state index contributed by atoms with van der Waals surface area (Å²) in [5, 5.41) is 6.76. The van der Waals surface area contributed by atoms with Gasteiger partial charge in [0, 0.05) is 21.9 Å². The molecule has 4 heteroatoms. The van der Waals surface area contributed by atoms with Gasteiger partial charge in [-0.1, -0.05) is 103 Å². The summed E-state index contributed by atoms with van der Waals surface area (Å²) in [5.74, 6) is 1.84. The third kappa shape index (κ3) is 3.65. The SMILES string of the molecule is c1ccc2cc(-c3nc(-c4ccc5ccccc5c4)nc(-c4cccc5c4oc4ccccc45)n3)ccc2c1. The van der Waals surface area contributed by atoms with Crippen LogP contribution in [0.1, 0.15) is 0 Å². The van der Waals surface area contributed by atoms with Crippen molar-refractivity contribution in [3.05, 3.63) is 127 Å². The second-order valence-corrected chi connectivity index (χ2v) is 9.71. The van der Waals surface area contributed by atoms with Gasteiger partial charge in [0.1, 0.15) is 11.2 Å². The maximum Gasteiger partial charge on any atom is 0.167 e. The van der Waals surface area contributed by atoms with E-state index in [4.69, 9.17) is 19.4 Å². The van der Waals surface area contributed by atoms with Gasteiger partial charge in [0.2, 0.25) is 0 Å². The standard InChI is InChI=1S/C35H21N3O/c1-3-10-24-20-26(18-16-22(24)8-1)33-36-34(27-19-17-23-9-2-4-11-25(23)21-27)38-35(37-33)30-14-7-13-29-28-12-5-6-15-31(28)39-32(29)30/h1-21H. The maximum absolute atomic E-state index is 6.34. The third-order valence-corrected chi connectivity index (χ3v) is 7.30. The minimum absolute atomic E-state index is 0.584. The third-order valence-electron chi connectivity index (χ3n) is 7.30. The number of hydrogen-bond acceptors (Lipinski definition) is 4. The van der Waals surface area contributed by atoms with Crippen molar-refractivity contribution in [3.63, 3.8) is 0 Å². The molecule has 0 atom stereocenters. The van der Waals surface area contributed by atoms with Crippen LogP contribution in [0.4, 0.5) is 0 Å². The molecule has 6 aromatic carbocycles. The Morgan fingerprint density at radius 1 is 0.410 bits per heavy atom. The van der Waals surface area contributed by atoms with E-state index in [0.29, 0.717) is 17.5 Å². The summed E-state index contributed by atoms with van der Waals surface area (Å²) in [6.07, 6.45) is 0. The van der Waals surface area contributed by atoms with Gasteiger partial charge in [-0.2, -0.15) is 0 Å². The Balaban J connectivity index is 1.39. The topological polar surface area (TPSA) is 51.8 Å². The first-order chi connectivity index (χ1) is 19.3. The second kappa shape index (κ2) is 8.61.